The zero-order valence-electron chi connectivity index (χ0n) is 9.88. The van der Waals surface area contributed by atoms with Crippen molar-refractivity contribution in [2.24, 2.45) is 5.73 Å². The van der Waals surface area contributed by atoms with E-state index in [1.807, 2.05) is 0 Å². The molecule has 1 heterocycles. The number of nitrogens with two attached hydrogens (primary N) is 1. The molecule has 0 saturated heterocycles. The lowest BCUT2D eigenvalue weighted by molar-refractivity contribution is 0.600. The molecular formula is C12H12BrN3O2S. The molecule has 0 atom stereocenters. The Labute approximate surface area is 120 Å². The average Bonchev–Trinajstić information content (AvgIpc) is 2.41. The standard InChI is InChI=1S/C12H12BrN3O2S/c13-10-5-3-7-15-12(10)16-19(17,18)11-6-2-1-4-9(11)8-14/h1-7H,8,14H2,(H,15,16). The first-order valence-electron chi connectivity index (χ1n) is 5.46. The zero-order chi connectivity index (χ0) is 13.9. The zero-order valence-corrected chi connectivity index (χ0v) is 12.3. The predicted octanol–water partition coefficient (Wildman–Crippen LogP) is 2.10. The molecule has 0 unspecified atom stereocenters. The molecule has 1 aromatic carbocycles. The van der Waals surface area contributed by atoms with Crippen molar-refractivity contribution in [2.75, 3.05) is 4.72 Å². The van der Waals surface area contributed by atoms with E-state index in [-0.39, 0.29) is 17.3 Å². The van der Waals surface area contributed by atoms with Gasteiger partial charge in [-0.1, -0.05) is 18.2 Å². The van der Waals surface area contributed by atoms with Gasteiger partial charge in [-0.05, 0) is 39.7 Å². The van der Waals surface area contributed by atoms with Gasteiger partial charge in [0.05, 0.1) is 9.37 Å². The molecule has 5 nitrogen and oxygen atoms in total. The summed E-state index contributed by atoms with van der Waals surface area (Å²) in [6.07, 6.45) is 1.51. The number of hydrogen-bond donors (Lipinski definition) is 2. The van der Waals surface area contributed by atoms with Crippen LogP contribution in [0.15, 0.2) is 52.0 Å². The second-order valence-electron chi connectivity index (χ2n) is 3.75. The van der Waals surface area contributed by atoms with Crippen molar-refractivity contribution in [3.05, 3.63) is 52.6 Å². The van der Waals surface area contributed by atoms with E-state index in [4.69, 9.17) is 5.73 Å². The number of anilines is 1. The number of hydrogen-bond acceptors (Lipinski definition) is 4. The Kier molecular flexibility index (Phi) is 4.18. The molecule has 0 aliphatic carbocycles. The molecule has 1 aromatic heterocycles. The minimum Gasteiger partial charge on any atom is -0.326 e. The lowest BCUT2D eigenvalue weighted by Gasteiger charge is -2.11. The second-order valence-corrected chi connectivity index (χ2v) is 6.26. The van der Waals surface area contributed by atoms with Gasteiger partial charge >= 0.3 is 0 Å². The van der Waals surface area contributed by atoms with E-state index in [1.165, 1.54) is 12.3 Å². The van der Waals surface area contributed by atoms with E-state index in [0.717, 1.165) is 0 Å². The molecule has 0 fully saturated rings. The van der Waals surface area contributed by atoms with Crippen molar-refractivity contribution in [1.29, 1.82) is 0 Å². The molecule has 0 bridgehead atoms. The van der Waals surface area contributed by atoms with Crippen LogP contribution in [0, 0.1) is 0 Å². The quantitative estimate of drug-likeness (QED) is 0.891. The number of nitrogens with zero attached hydrogens (tertiary/aromatic N) is 1. The summed E-state index contributed by atoms with van der Waals surface area (Å²) < 4.78 is 27.6. The van der Waals surface area contributed by atoms with E-state index in [9.17, 15) is 8.42 Å². The fraction of sp³-hybridized carbons (Fsp3) is 0.0833. The summed E-state index contributed by atoms with van der Waals surface area (Å²) in [4.78, 5) is 4.14. The average molecular weight is 342 g/mol. The highest BCUT2D eigenvalue weighted by Gasteiger charge is 2.19. The van der Waals surface area contributed by atoms with Gasteiger partial charge in [-0.2, -0.15) is 0 Å². The van der Waals surface area contributed by atoms with Crippen LogP contribution in [0.2, 0.25) is 0 Å². The van der Waals surface area contributed by atoms with Crippen molar-refractivity contribution in [1.82, 2.24) is 4.98 Å². The largest absolute Gasteiger partial charge is 0.326 e. The summed E-state index contributed by atoms with van der Waals surface area (Å²) >= 11 is 3.24. The maximum absolute atomic E-state index is 12.3. The Morgan fingerprint density at radius 1 is 1.21 bits per heavy atom. The number of aromatic nitrogens is 1. The van der Waals surface area contributed by atoms with E-state index in [2.05, 4.69) is 25.6 Å². The third-order valence-corrected chi connectivity index (χ3v) is 4.55. The topological polar surface area (TPSA) is 85.1 Å². The van der Waals surface area contributed by atoms with Crippen molar-refractivity contribution in [3.63, 3.8) is 0 Å². The Bertz CT molecular complexity index is 689. The molecular weight excluding hydrogens is 330 g/mol. The van der Waals surface area contributed by atoms with Crippen LogP contribution in [0.25, 0.3) is 0 Å². The van der Waals surface area contributed by atoms with Crippen LogP contribution in [0.4, 0.5) is 5.82 Å². The molecule has 7 heteroatoms. The van der Waals surface area contributed by atoms with Crippen molar-refractivity contribution < 1.29 is 8.42 Å². The van der Waals surface area contributed by atoms with Gasteiger partial charge < -0.3 is 5.73 Å². The SMILES string of the molecule is NCc1ccccc1S(=O)(=O)Nc1ncccc1Br. The Hall–Kier alpha value is -1.44. The van der Waals surface area contributed by atoms with Gasteiger partial charge in [0.15, 0.2) is 5.82 Å². The molecule has 0 radical (unpaired) electrons. The van der Waals surface area contributed by atoms with Crippen LogP contribution in [0.5, 0.6) is 0 Å². The number of benzene rings is 1. The molecule has 0 spiro atoms. The first-order valence-corrected chi connectivity index (χ1v) is 7.73. The van der Waals surface area contributed by atoms with Gasteiger partial charge in [0, 0.05) is 12.7 Å². The number of pyridine rings is 1. The monoisotopic (exact) mass is 341 g/mol. The summed E-state index contributed by atoms with van der Waals surface area (Å²) in [5.74, 6) is 0.245. The van der Waals surface area contributed by atoms with E-state index >= 15 is 0 Å². The second kappa shape index (κ2) is 5.68. The predicted molar refractivity (Wildman–Crippen MR) is 77.1 cm³/mol. The third kappa shape index (κ3) is 3.12. The summed E-state index contributed by atoms with van der Waals surface area (Å²) in [5, 5.41) is 0. The van der Waals surface area contributed by atoms with Gasteiger partial charge in [-0.25, -0.2) is 13.4 Å². The van der Waals surface area contributed by atoms with Crippen LogP contribution in [0.3, 0.4) is 0 Å². The fourth-order valence-corrected chi connectivity index (χ4v) is 3.34. The van der Waals surface area contributed by atoms with Gasteiger partial charge in [-0.3, -0.25) is 4.72 Å². The highest BCUT2D eigenvalue weighted by molar-refractivity contribution is 9.10. The first kappa shape index (κ1) is 14.0. The molecule has 0 saturated carbocycles. The Balaban J connectivity index is 2.41. The summed E-state index contributed by atoms with van der Waals surface area (Å²) in [5.41, 5.74) is 6.11. The van der Waals surface area contributed by atoms with E-state index < -0.39 is 10.0 Å². The lowest BCUT2D eigenvalue weighted by atomic mass is 10.2. The van der Waals surface area contributed by atoms with Crippen LogP contribution in [-0.4, -0.2) is 13.4 Å². The molecule has 0 amide bonds. The molecule has 2 rings (SSSR count). The van der Waals surface area contributed by atoms with E-state index in [0.29, 0.717) is 10.0 Å². The van der Waals surface area contributed by atoms with Gasteiger partial charge in [0.2, 0.25) is 0 Å². The fourth-order valence-electron chi connectivity index (χ4n) is 1.58. The molecule has 2 aromatic rings. The minimum atomic E-state index is -3.70. The van der Waals surface area contributed by atoms with Gasteiger partial charge in [0.1, 0.15) is 0 Å². The smallest absolute Gasteiger partial charge is 0.263 e. The van der Waals surface area contributed by atoms with Crippen LogP contribution < -0.4 is 10.5 Å². The minimum absolute atomic E-state index is 0.153. The van der Waals surface area contributed by atoms with Crippen molar-refractivity contribution in [3.8, 4) is 0 Å². The molecule has 100 valence electrons. The highest BCUT2D eigenvalue weighted by Crippen LogP contribution is 2.23. The summed E-state index contributed by atoms with van der Waals surface area (Å²) in [7, 11) is -3.70. The van der Waals surface area contributed by atoms with Gasteiger partial charge in [0.25, 0.3) is 10.0 Å². The number of rotatable bonds is 4. The maximum Gasteiger partial charge on any atom is 0.263 e. The summed E-state index contributed by atoms with van der Waals surface area (Å²) in [6, 6.07) is 10.0. The normalized spacial score (nSPS) is 11.3. The van der Waals surface area contributed by atoms with Gasteiger partial charge in [-0.15, -0.1) is 0 Å². The number of halogens is 1. The molecule has 0 aliphatic rings. The van der Waals surface area contributed by atoms with Crippen molar-refractivity contribution in [2.45, 2.75) is 11.4 Å². The Morgan fingerprint density at radius 3 is 2.63 bits per heavy atom. The molecule has 3 N–H and O–H groups in total. The number of sulfonamides is 1. The lowest BCUT2D eigenvalue weighted by Crippen LogP contribution is -2.17. The number of nitrogens with one attached hydrogen (secondary N) is 1. The summed E-state index contributed by atoms with van der Waals surface area (Å²) in [6.45, 7) is 0.153. The van der Waals surface area contributed by atoms with Crippen LogP contribution >= 0.6 is 15.9 Å². The van der Waals surface area contributed by atoms with Crippen LogP contribution in [-0.2, 0) is 16.6 Å². The van der Waals surface area contributed by atoms with E-state index in [1.54, 1.807) is 30.3 Å². The van der Waals surface area contributed by atoms with Crippen molar-refractivity contribution >= 4 is 31.8 Å². The Morgan fingerprint density at radius 2 is 1.95 bits per heavy atom. The first-order chi connectivity index (χ1) is 9.04. The molecule has 19 heavy (non-hydrogen) atoms. The van der Waals surface area contributed by atoms with Crippen LogP contribution in [0.1, 0.15) is 5.56 Å². The third-order valence-electron chi connectivity index (χ3n) is 2.47. The molecule has 0 aliphatic heterocycles. The maximum atomic E-state index is 12.3. The highest BCUT2D eigenvalue weighted by atomic mass is 79.9.